The molecule has 2 aromatic rings. The number of esters is 1. The van der Waals surface area contributed by atoms with E-state index >= 15 is 0 Å². The highest BCUT2D eigenvalue weighted by molar-refractivity contribution is 6.16. The molecular formula is C42H62N6O5. The van der Waals surface area contributed by atoms with Crippen LogP contribution in [-0.2, 0) is 14.3 Å². The van der Waals surface area contributed by atoms with Crippen molar-refractivity contribution in [2.75, 3.05) is 52.8 Å². The number of benzene rings is 2. The van der Waals surface area contributed by atoms with Crippen LogP contribution in [0.3, 0.4) is 0 Å². The zero-order chi connectivity index (χ0) is 38.9. The number of fused-ring (bicyclic) bond motifs is 2. The molecule has 53 heavy (non-hydrogen) atoms. The van der Waals surface area contributed by atoms with Crippen LogP contribution in [0.4, 0.5) is 11.4 Å². The first-order chi connectivity index (χ1) is 25.1. The van der Waals surface area contributed by atoms with E-state index in [1.165, 1.54) is 6.08 Å². The molecule has 1 fully saturated rings. The molecule has 2 aliphatic rings. The Balaban J connectivity index is 1.74. The number of methoxy groups -OCH3 is 2. The Labute approximate surface area is 316 Å². The van der Waals surface area contributed by atoms with Gasteiger partial charge >= 0.3 is 5.97 Å². The number of nitrogens with two attached hydrogens (primary N) is 2. The number of rotatable bonds is 17. The Morgan fingerprint density at radius 3 is 2.40 bits per heavy atom. The fourth-order valence-corrected chi connectivity index (χ4v) is 7.37. The molecule has 11 nitrogen and oxygen atoms in total. The Morgan fingerprint density at radius 1 is 1.09 bits per heavy atom. The van der Waals surface area contributed by atoms with Gasteiger partial charge in [-0.15, -0.1) is 0 Å². The van der Waals surface area contributed by atoms with Crippen molar-refractivity contribution in [1.29, 1.82) is 0 Å². The van der Waals surface area contributed by atoms with Gasteiger partial charge in [-0.05, 0) is 145 Å². The Bertz CT molecular complexity index is 1670. The maximum Gasteiger partial charge on any atom is 0.337 e. The standard InChI is InChI=1S/C42H62N6O5/c1-27(2)32-25-31(45-20-12-22-48(7)21-11-19-43)17-18-34(32)46-35(38-36(51-8)13-10-14-37(38)52-9)26-33(44)39(49)47-42(40(50)53-41(4,5)6)28(3)23-29-15-16-30(42)24-29/h10,13-14,16-18,25-29,45H,11-12,15,19-24,43-44H2,1-9H3,(H,47,49). The second kappa shape index (κ2) is 18.1. The van der Waals surface area contributed by atoms with Crippen molar-refractivity contribution in [3.63, 3.8) is 0 Å². The minimum absolute atomic E-state index is 0.117. The third-order valence-electron chi connectivity index (χ3n) is 10.1. The van der Waals surface area contributed by atoms with Crippen molar-refractivity contribution >= 4 is 29.0 Å². The lowest BCUT2D eigenvalue weighted by Gasteiger charge is -2.44. The zero-order valence-electron chi connectivity index (χ0n) is 33.3. The van der Waals surface area contributed by atoms with Crippen LogP contribution in [0.15, 0.2) is 64.8 Å². The van der Waals surface area contributed by atoms with Crippen LogP contribution in [-0.4, -0.2) is 81.1 Å². The molecule has 0 radical (unpaired) electrons. The molecule has 4 rings (SSSR count). The summed E-state index contributed by atoms with van der Waals surface area (Å²) in [6, 6.07) is 11.6. The van der Waals surface area contributed by atoms with E-state index in [1.54, 1.807) is 14.2 Å². The molecule has 0 aliphatic heterocycles. The molecule has 1 saturated carbocycles. The van der Waals surface area contributed by atoms with E-state index in [2.05, 4.69) is 48.6 Å². The number of amides is 1. The lowest BCUT2D eigenvalue weighted by atomic mass is 9.69. The van der Waals surface area contributed by atoms with Gasteiger partial charge in [0.1, 0.15) is 17.1 Å². The highest BCUT2D eigenvalue weighted by atomic mass is 16.6. The van der Waals surface area contributed by atoms with Gasteiger partial charge in [-0.1, -0.05) is 32.9 Å². The van der Waals surface area contributed by atoms with Crippen LogP contribution < -0.4 is 31.6 Å². The molecule has 2 aliphatic carbocycles. The number of aliphatic imine (C=N–C) groups is 1. The summed E-state index contributed by atoms with van der Waals surface area (Å²) in [4.78, 5) is 35.7. The van der Waals surface area contributed by atoms with Crippen molar-refractivity contribution in [3.8, 4) is 11.5 Å². The summed E-state index contributed by atoms with van der Waals surface area (Å²) >= 11 is 0. The topological polar surface area (TPSA) is 154 Å². The molecule has 2 bridgehead atoms. The summed E-state index contributed by atoms with van der Waals surface area (Å²) in [5.74, 6) is 0.327. The van der Waals surface area contributed by atoms with Gasteiger partial charge in [0.05, 0.1) is 36.9 Å². The average molecular weight is 731 g/mol. The first-order valence-corrected chi connectivity index (χ1v) is 18.9. The highest BCUT2D eigenvalue weighted by Gasteiger charge is 2.55. The largest absolute Gasteiger partial charge is 0.496 e. The van der Waals surface area contributed by atoms with Gasteiger partial charge in [0.2, 0.25) is 0 Å². The predicted molar refractivity (Wildman–Crippen MR) is 214 cm³/mol. The van der Waals surface area contributed by atoms with Gasteiger partial charge < -0.3 is 41.2 Å². The summed E-state index contributed by atoms with van der Waals surface area (Å²) < 4.78 is 17.5. The molecule has 0 heterocycles. The third kappa shape index (κ3) is 10.2. The Morgan fingerprint density at radius 2 is 1.77 bits per heavy atom. The maximum absolute atomic E-state index is 14.2. The summed E-state index contributed by atoms with van der Waals surface area (Å²) in [5.41, 5.74) is 14.7. The highest BCUT2D eigenvalue weighted by Crippen LogP contribution is 2.48. The van der Waals surface area contributed by atoms with E-state index in [4.69, 9.17) is 30.7 Å². The smallest absolute Gasteiger partial charge is 0.337 e. The van der Waals surface area contributed by atoms with Gasteiger partial charge in [-0.3, -0.25) is 4.79 Å². The van der Waals surface area contributed by atoms with Crippen LogP contribution in [0.2, 0.25) is 0 Å². The van der Waals surface area contributed by atoms with E-state index < -0.39 is 23.0 Å². The molecule has 0 saturated heterocycles. The summed E-state index contributed by atoms with van der Waals surface area (Å²) in [6.07, 6.45) is 7.98. The monoisotopic (exact) mass is 730 g/mol. The van der Waals surface area contributed by atoms with E-state index in [1.807, 2.05) is 58.0 Å². The lowest BCUT2D eigenvalue weighted by Crippen LogP contribution is -2.63. The average Bonchev–Trinajstić information content (AvgIpc) is 3.53. The summed E-state index contributed by atoms with van der Waals surface area (Å²) in [6.45, 7) is 15.2. The maximum atomic E-state index is 14.2. The first kappa shape index (κ1) is 41.4. The summed E-state index contributed by atoms with van der Waals surface area (Å²) in [5, 5.41) is 6.64. The normalized spacial score (nSPS) is 20.3. The fraction of sp³-hybridized carbons (Fsp3) is 0.548. The molecule has 6 N–H and O–H groups in total. The summed E-state index contributed by atoms with van der Waals surface area (Å²) in [7, 11) is 5.27. The lowest BCUT2D eigenvalue weighted by molar-refractivity contribution is -0.166. The molecule has 3 unspecified atom stereocenters. The van der Waals surface area contributed by atoms with Crippen LogP contribution in [0.25, 0.3) is 0 Å². The number of allylic oxidation sites excluding steroid dienone is 2. The van der Waals surface area contributed by atoms with Crippen LogP contribution in [0.5, 0.6) is 11.5 Å². The number of hydrogen-bond donors (Lipinski definition) is 4. The van der Waals surface area contributed by atoms with E-state index in [0.717, 1.165) is 68.6 Å². The SMILES string of the molecule is COc1cccc(OC)c1C(C=C(N)C(=O)NC1(C(=O)OC(C)(C)C)C2=CCC(C2)CC1C)=Nc1ccc(NCCCN(C)CCCN)cc1C(C)C. The zero-order valence-corrected chi connectivity index (χ0v) is 33.3. The molecule has 2 aromatic carbocycles. The molecule has 0 spiro atoms. The first-order valence-electron chi connectivity index (χ1n) is 18.9. The van der Waals surface area contributed by atoms with E-state index in [9.17, 15) is 9.59 Å². The quantitative estimate of drug-likeness (QED) is 0.0473. The molecule has 0 aromatic heterocycles. The van der Waals surface area contributed by atoms with Gasteiger partial charge in [0.25, 0.3) is 5.91 Å². The Kier molecular flexibility index (Phi) is 14.2. The fourth-order valence-electron chi connectivity index (χ4n) is 7.37. The Hall–Kier alpha value is -4.35. The van der Waals surface area contributed by atoms with Crippen molar-refractivity contribution in [3.05, 3.63) is 70.9 Å². The molecular weight excluding hydrogens is 668 g/mol. The second-order valence-corrected chi connectivity index (χ2v) is 15.7. The number of ether oxygens (including phenoxy) is 3. The number of carbonyl (C=O) groups is 2. The second-order valence-electron chi connectivity index (χ2n) is 15.7. The van der Waals surface area contributed by atoms with Crippen LogP contribution >= 0.6 is 0 Å². The van der Waals surface area contributed by atoms with Crippen molar-refractivity contribution < 1.29 is 23.8 Å². The molecule has 290 valence electrons. The third-order valence-corrected chi connectivity index (χ3v) is 10.1. The van der Waals surface area contributed by atoms with Crippen LogP contribution in [0, 0.1) is 11.8 Å². The van der Waals surface area contributed by atoms with Gasteiger partial charge in [-0.25, -0.2) is 9.79 Å². The number of nitrogens with zero attached hydrogens (tertiary/aromatic N) is 2. The van der Waals surface area contributed by atoms with E-state index in [-0.39, 0.29) is 17.5 Å². The molecule has 11 heteroatoms. The minimum Gasteiger partial charge on any atom is -0.496 e. The van der Waals surface area contributed by atoms with Gasteiger partial charge in [0, 0.05) is 12.2 Å². The number of hydrogen-bond acceptors (Lipinski definition) is 10. The van der Waals surface area contributed by atoms with Crippen molar-refractivity contribution in [2.24, 2.45) is 28.3 Å². The number of nitrogens with one attached hydrogen (secondary N) is 2. The van der Waals surface area contributed by atoms with Crippen molar-refractivity contribution in [1.82, 2.24) is 10.2 Å². The number of carbonyl (C=O) groups excluding carboxylic acids is 2. The van der Waals surface area contributed by atoms with Gasteiger partial charge in [-0.2, -0.15) is 0 Å². The van der Waals surface area contributed by atoms with Crippen molar-refractivity contribution in [2.45, 2.75) is 90.7 Å². The molecule has 1 amide bonds. The predicted octanol–water partition coefficient (Wildman–Crippen LogP) is 6.45. The van der Waals surface area contributed by atoms with Crippen LogP contribution in [0.1, 0.15) is 90.7 Å². The van der Waals surface area contributed by atoms with E-state index in [0.29, 0.717) is 40.9 Å². The number of anilines is 1. The van der Waals surface area contributed by atoms with Gasteiger partial charge in [0.15, 0.2) is 5.54 Å². The minimum atomic E-state index is -1.33. The molecule has 3 atom stereocenters.